The monoisotopic (exact) mass is 591 g/mol. The van der Waals surface area contributed by atoms with E-state index in [4.69, 9.17) is 11.6 Å². The maximum atomic E-state index is 14.5. The van der Waals surface area contributed by atoms with Crippen molar-refractivity contribution in [2.24, 2.45) is 5.92 Å². The van der Waals surface area contributed by atoms with Gasteiger partial charge in [0, 0.05) is 28.4 Å². The maximum absolute atomic E-state index is 14.5. The number of nitrogens with one attached hydrogen (secondary N) is 1. The smallest absolute Gasteiger partial charge is 0.417 e. The number of alkyl halides is 3. The standard InChI is InChI=1S/C29H23ClF5N3O3/c30-17-8-6-16(7-9-17)26-37-23-13-21(31)22(32)14-24(23)38(26)25(15-4-2-1-3-5-15)27(39)36-18-10-11-19(28(40)41)20(12-18)29(33,34)35/h6-15,25H,1-5H2,(H,36,39)(H,40,41)/t25-/m0/s1. The van der Waals surface area contributed by atoms with E-state index in [-0.39, 0.29) is 28.5 Å². The number of hydrogen-bond acceptors (Lipinski definition) is 3. The van der Waals surface area contributed by atoms with Gasteiger partial charge in [0.15, 0.2) is 11.6 Å². The van der Waals surface area contributed by atoms with Crippen LogP contribution in [0.4, 0.5) is 27.6 Å². The van der Waals surface area contributed by atoms with E-state index in [1.165, 1.54) is 4.57 Å². The number of carboxylic acids is 1. The number of aromatic carboxylic acids is 1. The van der Waals surface area contributed by atoms with Crippen molar-refractivity contribution in [3.63, 3.8) is 0 Å². The second-order valence-corrected chi connectivity index (χ2v) is 10.4. The molecule has 1 fully saturated rings. The summed E-state index contributed by atoms with van der Waals surface area (Å²) in [5.74, 6) is -4.82. The Morgan fingerprint density at radius 2 is 1.63 bits per heavy atom. The highest BCUT2D eigenvalue weighted by molar-refractivity contribution is 6.30. The first-order valence-corrected chi connectivity index (χ1v) is 13.2. The number of halogens is 6. The number of carbonyl (C=O) groups is 2. The van der Waals surface area contributed by atoms with E-state index in [9.17, 15) is 36.6 Å². The minimum absolute atomic E-state index is 0.0904. The van der Waals surface area contributed by atoms with E-state index in [0.717, 1.165) is 43.5 Å². The van der Waals surface area contributed by atoms with Gasteiger partial charge in [0.05, 0.1) is 22.2 Å². The van der Waals surface area contributed by atoms with E-state index < -0.39 is 46.9 Å². The molecule has 0 bridgehead atoms. The van der Waals surface area contributed by atoms with Gasteiger partial charge in [0.1, 0.15) is 11.9 Å². The Morgan fingerprint density at radius 1 is 0.976 bits per heavy atom. The largest absolute Gasteiger partial charge is 0.478 e. The lowest BCUT2D eigenvalue weighted by Gasteiger charge is -2.32. The van der Waals surface area contributed by atoms with E-state index in [2.05, 4.69) is 10.3 Å². The van der Waals surface area contributed by atoms with Crippen LogP contribution in [-0.4, -0.2) is 26.5 Å². The normalized spacial score (nSPS) is 15.2. The van der Waals surface area contributed by atoms with Crippen molar-refractivity contribution in [2.75, 3.05) is 5.32 Å². The fourth-order valence-electron chi connectivity index (χ4n) is 5.43. The number of carboxylic acid groups (broad SMARTS) is 1. The zero-order valence-electron chi connectivity index (χ0n) is 21.3. The molecule has 3 aromatic carbocycles. The third-order valence-electron chi connectivity index (χ3n) is 7.30. The summed E-state index contributed by atoms with van der Waals surface area (Å²) >= 11 is 6.05. The highest BCUT2D eigenvalue weighted by Gasteiger charge is 2.37. The van der Waals surface area contributed by atoms with Crippen LogP contribution in [-0.2, 0) is 11.0 Å². The highest BCUT2D eigenvalue weighted by atomic mass is 35.5. The molecule has 1 aromatic heterocycles. The molecule has 0 spiro atoms. The lowest BCUT2D eigenvalue weighted by atomic mass is 9.83. The van der Waals surface area contributed by atoms with E-state index in [1.54, 1.807) is 24.3 Å². The molecular weight excluding hydrogens is 569 g/mol. The summed E-state index contributed by atoms with van der Waals surface area (Å²) in [5.41, 5.74) is -1.90. The topological polar surface area (TPSA) is 84.2 Å². The fraction of sp³-hybridized carbons (Fsp3) is 0.276. The van der Waals surface area contributed by atoms with E-state index >= 15 is 0 Å². The number of benzene rings is 3. The van der Waals surface area contributed by atoms with Crippen LogP contribution in [0, 0.1) is 17.6 Å². The summed E-state index contributed by atoms with van der Waals surface area (Å²) in [7, 11) is 0. The van der Waals surface area contributed by atoms with Crippen LogP contribution in [0.5, 0.6) is 0 Å². The summed E-state index contributed by atoms with van der Waals surface area (Å²) in [6.45, 7) is 0. The van der Waals surface area contributed by atoms with Crippen molar-refractivity contribution in [1.82, 2.24) is 9.55 Å². The number of fused-ring (bicyclic) bond motifs is 1. The summed E-state index contributed by atoms with van der Waals surface area (Å²) in [5, 5.41) is 12.2. The van der Waals surface area contributed by atoms with Crippen LogP contribution in [0.25, 0.3) is 22.4 Å². The van der Waals surface area contributed by atoms with Crippen LogP contribution < -0.4 is 5.32 Å². The molecule has 4 aromatic rings. The van der Waals surface area contributed by atoms with Gasteiger partial charge >= 0.3 is 12.1 Å². The summed E-state index contributed by atoms with van der Waals surface area (Å²) < 4.78 is 71.2. The molecule has 1 aliphatic carbocycles. The molecule has 0 aliphatic heterocycles. The van der Waals surface area contributed by atoms with E-state index in [0.29, 0.717) is 29.5 Å². The van der Waals surface area contributed by atoms with Crippen LogP contribution >= 0.6 is 11.6 Å². The zero-order valence-corrected chi connectivity index (χ0v) is 22.1. The molecule has 1 aliphatic rings. The maximum Gasteiger partial charge on any atom is 0.417 e. The van der Waals surface area contributed by atoms with Gasteiger partial charge in [0.2, 0.25) is 5.91 Å². The third-order valence-corrected chi connectivity index (χ3v) is 7.55. The Hall–Kier alpha value is -3.99. The first-order valence-electron chi connectivity index (χ1n) is 12.8. The van der Waals surface area contributed by atoms with Gasteiger partial charge in [-0.15, -0.1) is 0 Å². The lowest BCUT2D eigenvalue weighted by Crippen LogP contribution is -2.34. The van der Waals surface area contributed by atoms with Gasteiger partial charge < -0.3 is 15.0 Å². The van der Waals surface area contributed by atoms with Gasteiger partial charge in [-0.2, -0.15) is 13.2 Å². The van der Waals surface area contributed by atoms with Gasteiger partial charge in [-0.25, -0.2) is 18.6 Å². The van der Waals surface area contributed by atoms with Crippen molar-refractivity contribution in [1.29, 1.82) is 0 Å². The number of amides is 1. The van der Waals surface area contributed by atoms with Crippen molar-refractivity contribution >= 4 is 40.2 Å². The average molecular weight is 592 g/mol. The molecule has 1 saturated carbocycles. The summed E-state index contributed by atoms with van der Waals surface area (Å²) in [6.07, 6.45) is -1.25. The van der Waals surface area contributed by atoms with E-state index in [1.807, 2.05) is 0 Å². The number of imidazole rings is 1. The predicted molar refractivity (Wildman–Crippen MR) is 143 cm³/mol. The summed E-state index contributed by atoms with van der Waals surface area (Å²) in [4.78, 5) is 29.9. The Morgan fingerprint density at radius 3 is 2.27 bits per heavy atom. The SMILES string of the molecule is O=C(O)c1ccc(NC(=O)[C@H](C2CCCCC2)n2c(-c3ccc(Cl)cc3)nc3cc(F)c(F)cc32)cc1C(F)(F)F. The molecule has 0 unspecified atom stereocenters. The van der Waals surface area contributed by atoms with Crippen LogP contribution in [0.2, 0.25) is 5.02 Å². The summed E-state index contributed by atoms with van der Waals surface area (Å²) in [6, 6.07) is 9.71. The van der Waals surface area contributed by atoms with Crippen LogP contribution in [0.15, 0.2) is 54.6 Å². The molecule has 2 N–H and O–H groups in total. The molecule has 1 heterocycles. The highest BCUT2D eigenvalue weighted by Crippen LogP contribution is 2.40. The molecule has 12 heteroatoms. The van der Waals surface area contributed by atoms with Crippen molar-refractivity contribution in [2.45, 2.75) is 44.3 Å². The zero-order chi connectivity index (χ0) is 29.5. The van der Waals surface area contributed by atoms with Crippen LogP contribution in [0.1, 0.15) is 54.1 Å². The van der Waals surface area contributed by atoms with Gasteiger partial charge in [0.25, 0.3) is 0 Å². The average Bonchev–Trinajstić information content (AvgIpc) is 3.27. The molecule has 6 nitrogen and oxygen atoms in total. The predicted octanol–water partition coefficient (Wildman–Crippen LogP) is 8.11. The number of hydrogen-bond donors (Lipinski definition) is 2. The lowest BCUT2D eigenvalue weighted by molar-refractivity contribution is -0.138. The minimum Gasteiger partial charge on any atom is -0.478 e. The quantitative estimate of drug-likeness (QED) is 0.222. The third kappa shape index (κ3) is 5.76. The van der Waals surface area contributed by atoms with Gasteiger partial charge in [-0.1, -0.05) is 30.9 Å². The molecule has 5 rings (SSSR count). The van der Waals surface area contributed by atoms with Crippen molar-refractivity contribution in [3.05, 3.63) is 82.4 Å². The fourth-order valence-corrected chi connectivity index (χ4v) is 5.55. The molecule has 1 amide bonds. The molecule has 41 heavy (non-hydrogen) atoms. The van der Waals surface area contributed by atoms with Gasteiger partial charge in [-0.3, -0.25) is 4.79 Å². The number of carbonyl (C=O) groups excluding carboxylic acids is 1. The number of rotatable bonds is 6. The van der Waals surface area contributed by atoms with Crippen LogP contribution in [0.3, 0.4) is 0 Å². The molecule has 0 radical (unpaired) electrons. The molecule has 1 atom stereocenters. The number of anilines is 1. The Bertz CT molecular complexity index is 1630. The Balaban J connectivity index is 1.66. The van der Waals surface area contributed by atoms with Crippen molar-refractivity contribution < 1.29 is 36.6 Å². The minimum atomic E-state index is -4.98. The second-order valence-electron chi connectivity index (χ2n) is 9.96. The first-order chi connectivity index (χ1) is 19.4. The molecule has 214 valence electrons. The number of aromatic nitrogens is 2. The second kappa shape index (κ2) is 11.1. The van der Waals surface area contributed by atoms with Gasteiger partial charge in [-0.05, 0) is 61.2 Å². The number of nitrogens with zero attached hydrogens (tertiary/aromatic N) is 2. The first kappa shape index (κ1) is 28.5. The Kier molecular flexibility index (Phi) is 7.74. The molecule has 0 saturated heterocycles. The molecular formula is C29H23ClF5N3O3. The van der Waals surface area contributed by atoms with Crippen molar-refractivity contribution in [3.8, 4) is 11.4 Å². The Labute approximate surface area is 235 Å².